The molecule has 5 rings (SSSR count). The summed E-state index contributed by atoms with van der Waals surface area (Å²) in [6.45, 7) is 1.40. The average Bonchev–Trinajstić information content (AvgIpc) is 2.82. The van der Waals surface area contributed by atoms with Crippen LogP contribution in [0.1, 0.15) is 12.8 Å². The lowest BCUT2D eigenvalue weighted by Gasteiger charge is -2.31. The number of rotatable bonds is 4. The molecule has 3 aromatic carbocycles. The predicted molar refractivity (Wildman–Crippen MR) is 123 cm³/mol. The predicted octanol–water partition coefficient (Wildman–Crippen LogP) is 4.16. The van der Waals surface area contributed by atoms with E-state index < -0.39 is 0 Å². The second kappa shape index (κ2) is 7.87. The summed E-state index contributed by atoms with van der Waals surface area (Å²) in [4.78, 5) is 23.1. The number of hydrogen-bond donors (Lipinski definition) is 1. The van der Waals surface area contributed by atoms with Crippen molar-refractivity contribution in [1.29, 1.82) is 0 Å². The second-order valence-corrected chi connectivity index (χ2v) is 8.03. The zero-order valence-corrected chi connectivity index (χ0v) is 17.4. The number of benzene rings is 3. The van der Waals surface area contributed by atoms with Crippen molar-refractivity contribution in [2.24, 2.45) is 11.7 Å². The summed E-state index contributed by atoms with van der Waals surface area (Å²) < 4.78 is 5.53. The zero-order valence-electron chi connectivity index (χ0n) is 17.4. The van der Waals surface area contributed by atoms with E-state index in [0.717, 1.165) is 57.9 Å². The van der Waals surface area contributed by atoms with E-state index in [-0.39, 0.29) is 11.8 Å². The highest BCUT2D eigenvalue weighted by atomic mass is 16.5. The van der Waals surface area contributed by atoms with Crippen molar-refractivity contribution in [2.45, 2.75) is 12.8 Å². The molecule has 1 aliphatic heterocycles. The molecule has 1 atom stereocenters. The third kappa shape index (κ3) is 3.65. The SMILES string of the molecule is COc1cc(-c2ccc3cnc(N4CCCC(C(N)=O)C4)nc3c2)c2ccccc2c1. The van der Waals surface area contributed by atoms with Crippen LogP contribution in [0.5, 0.6) is 5.75 Å². The lowest BCUT2D eigenvalue weighted by molar-refractivity contribution is -0.122. The Morgan fingerprint density at radius 3 is 2.84 bits per heavy atom. The molecular weight excluding hydrogens is 388 g/mol. The molecule has 0 aliphatic carbocycles. The number of carbonyl (C=O) groups excluding carboxylic acids is 1. The van der Waals surface area contributed by atoms with Gasteiger partial charge in [0.2, 0.25) is 11.9 Å². The van der Waals surface area contributed by atoms with Crippen molar-refractivity contribution in [3.63, 3.8) is 0 Å². The Kier molecular flexibility index (Phi) is 4.90. The summed E-state index contributed by atoms with van der Waals surface area (Å²) in [6, 6.07) is 18.6. The Bertz CT molecular complexity index is 1290. The van der Waals surface area contributed by atoms with Gasteiger partial charge >= 0.3 is 0 Å². The highest BCUT2D eigenvalue weighted by Crippen LogP contribution is 2.34. The van der Waals surface area contributed by atoms with Gasteiger partial charge in [-0.25, -0.2) is 9.97 Å². The molecule has 156 valence electrons. The second-order valence-electron chi connectivity index (χ2n) is 8.03. The number of ether oxygens (including phenoxy) is 1. The van der Waals surface area contributed by atoms with Gasteiger partial charge in [0.25, 0.3) is 0 Å². The van der Waals surface area contributed by atoms with Crippen LogP contribution in [0.15, 0.2) is 60.8 Å². The topological polar surface area (TPSA) is 81.3 Å². The molecule has 1 amide bonds. The molecule has 6 heteroatoms. The average molecular weight is 412 g/mol. The smallest absolute Gasteiger partial charge is 0.225 e. The van der Waals surface area contributed by atoms with Crippen LogP contribution in [-0.4, -0.2) is 36.1 Å². The number of anilines is 1. The van der Waals surface area contributed by atoms with E-state index >= 15 is 0 Å². The van der Waals surface area contributed by atoms with Gasteiger partial charge in [0.1, 0.15) is 5.75 Å². The van der Waals surface area contributed by atoms with Crippen molar-refractivity contribution in [3.8, 4) is 16.9 Å². The Morgan fingerprint density at radius 1 is 1.13 bits per heavy atom. The van der Waals surface area contributed by atoms with Crippen LogP contribution in [-0.2, 0) is 4.79 Å². The third-order valence-electron chi connectivity index (χ3n) is 6.06. The van der Waals surface area contributed by atoms with Crippen LogP contribution >= 0.6 is 0 Å². The van der Waals surface area contributed by atoms with Crippen LogP contribution in [0.2, 0.25) is 0 Å². The van der Waals surface area contributed by atoms with Gasteiger partial charge in [0.05, 0.1) is 18.5 Å². The highest BCUT2D eigenvalue weighted by Gasteiger charge is 2.25. The summed E-state index contributed by atoms with van der Waals surface area (Å²) in [5.74, 6) is 1.06. The number of methoxy groups -OCH3 is 1. The molecule has 6 nitrogen and oxygen atoms in total. The van der Waals surface area contributed by atoms with Crippen LogP contribution < -0.4 is 15.4 Å². The Morgan fingerprint density at radius 2 is 2.00 bits per heavy atom. The van der Waals surface area contributed by atoms with E-state index in [1.54, 1.807) is 7.11 Å². The van der Waals surface area contributed by atoms with Gasteiger partial charge in [-0.2, -0.15) is 0 Å². The number of fused-ring (bicyclic) bond motifs is 2. The summed E-state index contributed by atoms with van der Waals surface area (Å²) in [6.07, 6.45) is 3.58. The number of primary amides is 1. The van der Waals surface area contributed by atoms with Crippen molar-refractivity contribution >= 4 is 33.5 Å². The maximum Gasteiger partial charge on any atom is 0.225 e. The molecule has 0 bridgehead atoms. The number of aromatic nitrogens is 2. The fourth-order valence-electron chi connectivity index (χ4n) is 4.36. The summed E-state index contributed by atoms with van der Waals surface area (Å²) in [5.41, 5.74) is 8.58. The van der Waals surface area contributed by atoms with E-state index in [1.807, 2.05) is 30.5 Å². The summed E-state index contributed by atoms with van der Waals surface area (Å²) >= 11 is 0. The van der Waals surface area contributed by atoms with Gasteiger partial charge in [-0.3, -0.25) is 4.79 Å². The standard InChI is InChI=1S/C25H24N4O2/c1-31-20-11-16-5-2-3-7-21(16)22(13-20)17-8-9-18-14-27-25(28-23(18)12-17)29-10-4-6-19(15-29)24(26)30/h2-3,5,7-9,11-14,19H,4,6,10,15H2,1H3,(H2,26,30). The van der Waals surface area contributed by atoms with Crippen molar-refractivity contribution in [2.75, 3.05) is 25.1 Å². The molecular formula is C25H24N4O2. The number of carbonyl (C=O) groups is 1. The minimum absolute atomic E-state index is 0.150. The molecule has 0 spiro atoms. The van der Waals surface area contributed by atoms with Gasteiger partial charge in [0.15, 0.2) is 0 Å². The minimum Gasteiger partial charge on any atom is -0.497 e. The first-order chi connectivity index (χ1) is 15.1. The maximum absolute atomic E-state index is 11.6. The monoisotopic (exact) mass is 412 g/mol. The van der Waals surface area contributed by atoms with Crippen molar-refractivity contribution in [3.05, 3.63) is 60.8 Å². The lowest BCUT2D eigenvalue weighted by atomic mass is 9.97. The number of nitrogens with two attached hydrogens (primary N) is 1. The first kappa shape index (κ1) is 19.3. The quantitative estimate of drug-likeness (QED) is 0.544. The summed E-state index contributed by atoms with van der Waals surface area (Å²) in [7, 11) is 1.69. The molecule has 0 radical (unpaired) electrons. The van der Waals surface area contributed by atoms with E-state index in [9.17, 15) is 4.79 Å². The molecule has 1 aromatic heterocycles. The minimum atomic E-state index is -0.252. The van der Waals surface area contributed by atoms with E-state index in [0.29, 0.717) is 12.5 Å². The van der Waals surface area contributed by atoms with Crippen LogP contribution in [0.25, 0.3) is 32.8 Å². The molecule has 1 unspecified atom stereocenters. The van der Waals surface area contributed by atoms with Crippen molar-refractivity contribution in [1.82, 2.24) is 9.97 Å². The first-order valence-electron chi connectivity index (χ1n) is 10.5. The zero-order chi connectivity index (χ0) is 21.4. The highest BCUT2D eigenvalue weighted by molar-refractivity contribution is 5.99. The Balaban J connectivity index is 1.58. The van der Waals surface area contributed by atoms with Crippen LogP contribution in [0.4, 0.5) is 5.95 Å². The Hall–Kier alpha value is -3.67. The fourth-order valence-corrected chi connectivity index (χ4v) is 4.36. The first-order valence-corrected chi connectivity index (χ1v) is 10.5. The molecule has 1 fully saturated rings. The van der Waals surface area contributed by atoms with Gasteiger partial charge in [-0.05, 0) is 52.9 Å². The molecule has 1 aliphatic rings. The molecule has 0 saturated carbocycles. The fraction of sp³-hybridized carbons (Fsp3) is 0.240. The largest absolute Gasteiger partial charge is 0.497 e. The van der Waals surface area contributed by atoms with E-state index in [1.165, 1.54) is 0 Å². The van der Waals surface area contributed by atoms with E-state index in [2.05, 4.69) is 40.2 Å². The maximum atomic E-state index is 11.6. The van der Waals surface area contributed by atoms with Crippen LogP contribution in [0, 0.1) is 5.92 Å². The molecule has 2 N–H and O–H groups in total. The number of amides is 1. The van der Waals surface area contributed by atoms with Gasteiger partial charge in [0, 0.05) is 24.7 Å². The van der Waals surface area contributed by atoms with Crippen molar-refractivity contribution < 1.29 is 9.53 Å². The number of piperidine rings is 1. The van der Waals surface area contributed by atoms with Gasteiger partial charge < -0.3 is 15.4 Å². The molecule has 2 heterocycles. The lowest BCUT2D eigenvalue weighted by Crippen LogP contribution is -2.41. The normalized spacial score (nSPS) is 16.5. The molecule has 1 saturated heterocycles. The number of nitrogens with zero attached hydrogens (tertiary/aromatic N) is 3. The number of hydrogen-bond acceptors (Lipinski definition) is 5. The van der Waals surface area contributed by atoms with E-state index in [4.69, 9.17) is 15.5 Å². The molecule has 31 heavy (non-hydrogen) atoms. The van der Waals surface area contributed by atoms with Crippen LogP contribution in [0.3, 0.4) is 0 Å². The van der Waals surface area contributed by atoms with Gasteiger partial charge in [-0.1, -0.05) is 36.4 Å². The Labute approximate surface area is 180 Å². The van der Waals surface area contributed by atoms with Gasteiger partial charge in [-0.15, -0.1) is 0 Å². The molecule has 4 aromatic rings. The third-order valence-corrected chi connectivity index (χ3v) is 6.06. The summed E-state index contributed by atoms with van der Waals surface area (Å²) in [5, 5.41) is 3.27.